The number of benzene rings is 2. The highest BCUT2D eigenvalue weighted by molar-refractivity contribution is 6.31. The molecule has 1 saturated heterocycles. The normalized spacial score (nSPS) is 19.3. The summed E-state index contributed by atoms with van der Waals surface area (Å²) in [5, 5.41) is 1.91. The fraction of sp³-hybridized carbons (Fsp3) is 0.375. The lowest BCUT2D eigenvalue weighted by Crippen LogP contribution is -2.47. The van der Waals surface area contributed by atoms with Crippen molar-refractivity contribution in [3.63, 3.8) is 0 Å². The van der Waals surface area contributed by atoms with Gasteiger partial charge in [-0.3, -0.25) is 9.69 Å². The summed E-state index contributed by atoms with van der Waals surface area (Å²) in [4.78, 5) is 22.1. The summed E-state index contributed by atoms with van der Waals surface area (Å²) >= 11 is 6.11. The SMILES string of the molecule is CC(=O)N1CC(CCN2CCN(c3cc4ccc(Cl)cc4[nH]3)CC2)c2cc(F)ccc21. The maximum atomic E-state index is 13.8. The summed E-state index contributed by atoms with van der Waals surface area (Å²) in [6, 6.07) is 12.9. The highest BCUT2D eigenvalue weighted by Gasteiger charge is 2.31. The van der Waals surface area contributed by atoms with E-state index in [4.69, 9.17) is 11.6 Å². The number of fused-ring (bicyclic) bond motifs is 2. The molecular formula is C24H26ClFN4O. The molecule has 0 aliphatic carbocycles. The number of hydrogen-bond donors (Lipinski definition) is 1. The predicted octanol–water partition coefficient (Wildman–Crippen LogP) is 4.62. The van der Waals surface area contributed by atoms with E-state index in [0.29, 0.717) is 6.54 Å². The largest absolute Gasteiger partial charge is 0.356 e. The van der Waals surface area contributed by atoms with Crippen molar-refractivity contribution in [2.24, 2.45) is 0 Å². The number of piperazine rings is 1. The van der Waals surface area contributed by atoms with Crippen LogP contribution in [0.3, 0.4) is 0 Å². The molecule has 1 fully saturated rings. The molecule has 0 spiro atoms. The number of amides is 1. The number of nitrogens with one attached hydrogen (secondary N) is 1. The van der Waals surface area contributed by atoms with Crippen molar-refractivity contribution in [3.8, 4) is 0 Å². The van der Waals surface area contributed by atoms with Crippen molar-refractivity contribution in [1.29, 1.82) is 0 Å². The zero-order chi connectivity index (χ0) is 21.5. The van der Waals surface area contributed by atoms with Gasteiger partial charge in [0.2, 0.25) is 5.91 Å². The lowest BCUT2D eigenvalue weighted by molar-refractivity contribution is -0.116. The van der Waals surface area contributed by atoms with Gasteiger partial charge in [-0.2, -0.15) is 0 Å². The molecule has 5 nitrogen and oxygen atoms in total. The Morgan fingerprint density at radius 2 is 1.94 bits per heavy atom. The van der Waals surface area contributed by atoms with Gasteiger partial charge in [-0.05, 0) is 54.9 Å². The van der Waals surface area contributed by atoms with E-state index in [9.17, 15) is 9.18 Å². The van der Waals surface area contributed by atoms with Crippen molar-refractivity contribution in [3.05, 3.63) is 58.9 Å². The van der Waals surface area contributed by atoms with E-state index in [-0.39, 0.29) is 17.6 Å². The Balaban J connectivity index is 1.19. The molecule has 31 heavy (non-hydrogen) atoms. The third kappa shape index (κ3) is 4.02. The summed E-state index contributed by atoms with van der Waals surface area (Å²) in [6.45, 7) is 7.04. The van der Waals surface area contributed by atoms with Crippen LogP contribution in [0.1, 0.15) is 24.8 Å². The third-order valence-electron chi connectivity index (χ3n) is 6.58. The second kappa shape index (κ2) is 8.17. The van der Waals surface area contributed by atoms with Gasteiger partial charge in [0.25, 0.3) is 0 Å². The van der Waals surface area contributed by atoms with E-state index >= 15 is 0 Å². The number of anilines is 2. The molecule has 5 rings (SSSR count). The lowest BCUT2D eigenvalue weighted by Gasteiger charge is -2.35. The van der Waals surface area contributed by atoms with Crippen LogP contribution in [0, 0.1) is 5.82 Å². The molecule has 0 radical (unpaired) electrons. The Bertz CT molecular complexity index is 1120. The number of halogens is 2. The molecule has 3 heterocycles. The van der Waals surface area contributed by atoms with Gasteiger partial charge in [0.1, 0.15) is 11.6 Å². The average molecular weight is 441 g/mol. The first-order chi connectivity index (χ1) is 15.0. The number of rotatable bonds is 4. The second-order valence-electron chi connectivity index (χ2n) is 8.53. The van der Waals surface area contributed by atoms with Crippen LogP contribution in [-0.4, -0.2) is 55.1 Å². The standard InChI is InChI=1S/C24H26ClFN4O/c1-16(31)30-15-18(21-14-20(26)4-5-23(21)30)6-7-28-8-10-29(11-9-28)24-12-17-2-3-19(25)13-22(17)27-24/h2-5,12-14,18,27H,6-11,15H2,1H3. The molecule has 2 aliphatic heterocycles. The van der Waals surface area contributed by atoms with Crippen LogP contribution in [0.25, 0.3) is 10.9 Å². The predicted molar refractivity (Wildman–Crippen MR) is 124 cm³/mol. The van der Waals surface area contributed by atoms with Crippen LogP contribution >= 0.6 is 11.6 Å². The third-order valence-corrected chi connectivity index (χ3v) is 6.82. The number of aromatic nitrogens is 1. The summed E-state index contributed by atoms with van der Waals surface area (Å²) in [5.74, 6) is 1.10. The van der Waals surface area contributed by atoms with E-state index in [1.54, 1.807) is 24.0 Å². The summed E-state index contributed by atoms with van der Waals surface area (Å²) < 4.78 is 13.8. The minimum absolute atomic E-state index is 0.0172. The summed E-state index contributed by atoms with van der Waals surface area (Å²) in [6.07, 6.45) is 0.922. The molecule has 1 amide bonds. The van der Waals surface area contributed by atoms with Gasteiger partial charge >= 0.3 is 0 Å². The van der Waals surface area contributed by atoms with Gasteiger partial charge in [0, 0.05) is 67.2 Å². The van der Waals surface area contributed by atoms with Crippen LogP contribution in [0.15, 0.2) is 42.5 Å². The molecule has 1 N–H and O–H groups in total. The molecule has 3 aromatic rings. The lowest BCUT2D eigenvalue weighted by atomic mass is 9.97. The molecular weight excluding hydrogens is 415 g/mol. The summed E-state index contributed by atoms with van der Waals surface area (Å²) in [5.41, 5.74) is 2.89. The first-order valence-corrected chi connectivity index (χ1v) is 11.2. The number of H-pyrrole nitrogens is 1. The maximum absolute atomic E-state index is 13.8. The van der Waals surface area contributed by atoms with E-state index in [0.717, 1.165) is 66.8 Å². The van der Waals surface area contributed by atoms with Crippen LogP contribution < -0.4 is 9.80 Å². The van der Waals surface area contributed by atoms with E-state index < -0.39 is 0 Å². The molecule has 0 bridgehead atoms. The fourth-order valence-corrected chi connectivity index (χ4v) is 5.04. The molecule has 1 atom stereocenters. The van der Waals surface area contributed by atoms with Crippen molar-refractivity contribution in [2.45, 2.75) is 19.3 Å². The topological polar surface area (TPSA) is 42.6 Å². The van der Waals surface area contributed by atoms with Crippen LogP contribution in [0.2, 0.25) is 5.02 Å². The van der Waals surface area contributed by atoms with Gasteiger partial charge in [-0.1, -0.05) is 17.7 Å². The first-order valence-electron chi connectivity index (χ1n) is 10.8. The van der Waals surface area contributed by atoms with Crippen LogP contribution in [0.4, 0.5) is 15.9 Å². The van der Waals surface area contributed by atoms with Crippen molar-refractivity contribution in [1.82, 2.24) is 9.88 Å². The molecule has 2 aromatic carbocycles. The van der Waals surface area contributed by atoms with Gasteiger partial charge < -0.3 is 14.8 Å². The molecule has 162 valence electrons. The Labute approximate surface area is 186 Å². The smallest absolute Gasteiger partial charge is 0.223 e. The van der Waals surface area contributed by atoms with E-state index in [2.05, 4.69) is 20.9 Å². The Kier molecular flexibility index (Phi) is 5.36. The van der Waals surface area contributed by atoms with Gasteiger partial charge in [0.05, 0.1) is 0 Å². The van der Waals surface area contributed by atoms with Crippen molar-refractivity contribution in [2.75, 3.05) is 49.1 Å². The quantitative estimate of drug-likeness (QED) is 0.643. The Hall–Kier alpha value is -2.57. The molecule has 0 saturated carbocycles. The zero-order valence-corrected chi connectivity index (χ0v) is 18.3. The van der Waals surface area contributed by atoms with Gasteiger partial charge in [-0.15, -0.1) is 0 Å². The van der Waals surface area contributed by atoms with E-state index in [1.807, 2.05) is 18.2 Å². The minimum atomic E-state index is -0.234. The maximum Gasteiger partial charge on any atom is 0.223 e. The number of hydrogen-bond acceptors (Lipinski definition) is 3. The highest BCUT2D eigenvalue weighted by atomic mass is 35.5. The zero-order valence-electron chi connectivity index (χ0n) is 17.6. The van der Waals surface area contributed by atoms with E-state index in [1.165, 1.54) is 11.5 Å². The molecule has 1 unspecified atom stereocenters. The number of carbonyl (C=O) groups excluding carboxylic acids is 1. The van der Waals surface area contributed by atoms with Crippen molar-refractivity contribution < 1.29 is 9.18 Å². The average Bonchev–Trinajstić information content (AvgIpc) is 3.33. The minimum Gasteiger partial charge on any atom is -0.356 e. The molecule has 1 aromatic heterocycles. The van der Waals surface area contributed by atoms with Gasteiger partial charge in [0.15, 0.2) is 0 Å². The molecule has 2 aliphatic rings. The number of nitrogens with zero attached hydrogens (tertiary/aromatic N) is 3. The molecule has 7 heteroatoms. The fourth-order valence-electron chi connectivity index (χ4n) is 4.87. The van der Waals surface area contributed by atoms with Gasteiger partial charge in [-0.25, -0.2) is 4.39 Å². The summed E-state index contributed by atoms with van der Waals surface area (Å²) in [7, 11) is 0. The Morgan fingerprint density at radius 3 is 2.71 bits per heavy atom. The first kappa shape index (κ1) is 20.3. The van der Waals surface area contributed by atoms with Crippen LogP contribution in [0.5, 0.6) is 0 Å². The van der Waals surface area contributed by atoms with Crippen LogP contribution in [-0.2, 0) is 4.79 Å². The highest BCUT2D eigenvalue weighted by Crippen LogP contribution is 2.38. The van der Waals surface area contributed by atoms with Crippen molar-refractivity contribution >= 4 is 39.9 Å². The monoisotopic (exact) mass is 440 g/mol. The Morgan fingerprint density at radius 1 is 1.13 bits per heavy atom. The number of carbonyl (C=O) groups is 1. The second-order valence-corrected chi connectivity index (χ2v) is 8.97. The number of aromatic amines is 1.